The van der Waals surface area contributed by atoms with Crippen LogP contribution in [0.25, 0.3) is 0 Å². The molecule has 0 unspecified atom stereocenters. The van der Waals surface area contributed by atoms with Crippen molar-refractivity contribution in [2.75, 3.05) is 6.54 Å². The third-order valence-corrected chi connectivity index (χ3v) is 2.42. The van der Waals surface area contributed by atoms with E-state index in [4.69, 9.17) is 0 Å². The number of carbonyl (C=O) groups excluding carboxylic acids is 1. The minimum atomic E-state index is 0.0816. The van der Waals surface area contributed by atoms with Crippen LogP contribution in [-0.2, 0) is 11.3 Å². The zero-order valence-electron chi connectivity index (χ0n) is 9.36. The van der Waals surface area contributed by atoms with Gasteiger partial charge in [-0.25, -0.2) is 0 Å². The number of hydrogen-bond donors (Lipinski definition) is 0. The van der Waals surface area contributed by atoms with Gasteiger partial charge in [-0.15, -0.1) is 6.58 Å². The first-order valence-electron chi connectivity index (χ1n) is 5.06. The van der Waals surface area contributed by atoms with Crippen LogP contribution >= 0.6 is 0 Å². The van der Waals surface area contributed by atoms with Crippen LogP contribution in [0.5, 0.6) is 0 Å². The van der Waals surface area contributed by atoms with E-state index in [0.29, 0.717) is 13.1 Å². The molecule has 2 nitrogen and oxygen atoms in total. The lowest BCUT2D eigenvalue weighted by Crippen LogP contribution is -2.28. The molecule has 0 heterocycles. The Kier molecular flexibility index (Phi) is 4.10. The van der Waals surface area contributed by atoms with Crippen LogP contribution in [0, 0.1) is 6.92 Å². The Labute approximate surface area is 91.2 Å². The summed E-state index contributed by atoms with van der Waals surface area (Å²) in [5.74, 6) is 0.0816. The molecule has 2 heteroatoms. The fourth-order valence-corrected chi connectivity index (χ4v) is 1.45. The summed E-state index contributed by atoms with van der Waals surface area (Å²) >= 11 is 0. The van der Waals surface area contributed by atoms with Crippen molar-refractivity contribution in [2.45, 2.75) is 20.4 Å². The SMILES string of the molecule is C=CCN(Cc1ccccc1C)C(C)=O. The Morgan fingerprint density at radius 1 is 1.47 bits per heavy atom. The summed E-state index contributed by atoms with van der Waals surface area (Å²) in [5.41, 5.74) is 2.40. The maximum absolute atomic E-state index is 11.3. The molecule has 0 aliphatic heterocycles. The highest BCUT2D eigenvalue weighted by molar-refractivity contribution is 5.73. The van der Waals surface area contributed by atoms with Gasteiger partial charge in [0.2, 0.25) is 5.91 Å². The molecule has 0 fully saturated rings. The van der Waals surface area contributed by atoms with Crippen molar-refractivity contribution < 1.29 is 4.79 Å². The highest BCUT2D eigenvalue weighted by Crippen LogP contribution is 2.10. The zero-order valence-corrected chi connectivity index (χ0v) is 9.36. The fraction of sp³-hybridized carbons (Fsp3) is 0.308. The Morgan fingerprint density at radius 2 is 2.13 bits per heavy atom. The number of carbonyl (C=O) groups is 1. The number of nitrogens with zero attached hydrogens (tertiary/aromatic N) is 1. The van der Waals surface area contributed by atoms with Gasteiger partial charge < -0.3 is 4.90 Å². The Balaban J connectivity index is 2.78. The maximum atomic E-state index is 11.3. The molecule has 0 spiro atoms. The first-order chi connectivity index (χ1) is 7.15. The minimum Gasteiger partial charge on any atom is -0.335 e. The third kappa shape index (κ3) is 3.24. The summed E-state index contributed by atoms with van der Waals surface area (Å²) in [4.78, 5) is 13.1. The summed E-state index contributed by atoms with van der Waals surface area (Å²) in [6, 6.07) is 8.11. The average molecular weight is 203 g/mol. The molecular weight excluding hydrogens is 186 g/mol. The van der Waals surface area contributed by atoms with Crippen LogP contribution in [0.15, 0.2) is 36.9 Å². The molecule has 0 radical (unpaired) electrons. The largest absolute Gasteiger partial charge is 0.335 e. The van der Waals surface area contributed by atoms with Gasteiger partial charge >= 0.3 is 0 Å². The monoisotopic (exact) mass is 203 g/mol. The van der Waals surface area contributed by atoms with Crippen molar-refractivity contribution >= 4 is 5.91 Å². The van der Waals surface area contributed by atoms with Crippen LogP contribution in [0.3, 0.4) is 0 Å². The van der Waals surface area contributed by atoms with Gasteiger partial charge in [-0.2, -0.15) is 0 Å². The Hall–Kier alpha value is -1.57. The summed E-state index contributed by atoms with van der Waals surface area (Å²) in [7, 11) is 0. The highest BCUT2D eigenvalue weighted by atomic mass is 16.2. The van der Waals surface area contributed by atoms with Gasteiger partial charge in [0.05, 0.1) is 0 Å². The van der Waals surface area contributed by atoms with Crippen LogP contribution < -0.4 is 0 Å². The molecule has 0 aromatic heterocycles. The van der Waals surface area contributed by atoms with E-state index in [1.807, 2.05) is 18.2 Å². The lowest BCUT2D eigenvalue weighted by molar-refractivity contribution is -0.128. The topological polar surface area (TPSA) is 20.3 Å². The molecule has 0 saturated heterocycles. The third-order valence-electron chi connectivity index (χ3n) is 2.42. The summed E-state index contributed by atoms with van der Waals surface area (Å²) < 4.78 is 0. The van der Waals surface area contributed by atoms with E-state index in [1.54, 1.807) is 17.9 Å². The smallest absolute Gasteiger partial charge is 0.220 e. The second-order valence-corrected chi connectivity index (χ2v) is 3.61. The average Bonchev–Trinajstić information content (AvgIpc) is 2.20. The molecule has 1 amide bonds. The Bertz CT molecular complexity index is 357. The molecule has 80 valence electrons. The second-order valence-electron chi connectivity index (χ2n) is 3.61. The first kappa shape index (κ1) is 11.5. The molecule has 0 bridgehead atoms. The number of rotatable bonds is 4. The highest BCUT2D eigenvalue weighted by Gasteiger charge is 2.08. The number of benzene rings is 1. The van der Waals surface area contributed by atoms with E-state index in [1.165, 1.54) is 11.1 Å². The molecular formula is C13H17NO. The van der Waals surface area contributed by atoms with Gasteiger partial charge in [0.15, 0.2) is 0 Å². The van der Waals surface area contributed by atoms with E-state index >= 15 is 0 Å². The Morgan fingerprint density at radius 3 is 2.67 bits per heavy atom. The van der Waals surface area contributed by atoms with Crippen molar-refractivity contribution in [1.29, 1.82) is 0 Å². The van der Waals surface area contributed by atoms with Crippen LogP contribution in [-0.4, -0.2) is 17.4 Å². The maximum Gasteiger partial charge on any atom is 0.220 e. The molecule has 0 N–H and O–H groups in total. The summed E-state index contributed by atoms with van der Waals surface area (Å²) in [5, 5.41) is 0. The predicted octanol–water partition coefficient (Wildman–Crippen LogP) is 2.53. The number of amides is 1. The predicted molar refractivity (Wildman–Crippen MR) is 62.5 cm³/mol. The van der Waals surface area contributed by atoms with E-state index in [-0.39, 0.29) is 5.91 Å². The van der Waals surface area contributed by atoms with Crippen molar-refractivity contribution in [3.63, 3.8) is 0 Å². The van der Waals surface area contributed by atoms with E-state index in [2.05, 4.69) is 19.6 Å². The quantitative estimate of drug-likeness (QED) is 0.689. The van der Waals surface area contributed by atoms with Gasteiger partial charge in [0, 0.05) is 20.0 Å². The van der Waals surface area contributed by atoms with E-state index in [0.717, 1.165) is 0 Å². The summed E-state index contributed by atoms with van der Waals surface area (Å²) in [6.45, 7) is 8.56. The molecule has 15 heavy (non-hydrogen) atoms. The zero-order chi connectivity index (χ0) is 11.3. The van der Waals surface area contributed by atoms with Crippen molar-refractivity contribution in [1.82, 2.24) is 4.90 Å². The van der Waals surface area contributed by atoms with Gasteiger partial charge in [-0.1, -0.05) is 30.3 Å². The van der Waals surface area contributed by atoms with Gasteiger partial charge in [-0.05, 0) is 18.1 Å². The molecule has 0 aliphatic carbocycles. The van der Waals surface area contributed by atoms with Crippen molar-refractivity contribution in [3.05, 3.63) is 48.0 Å². The van der Waals surface area contributed by atoms with E-state index < -0.39 is 0 Å². The lowest BCUT2D eigenvalue weighted by atomic mass is 10.1. The molecule has 0 saturated carbocycles. The van der Waals surface area contributed by atoms with E-state index in [9.17, 15) is 4.79 Å². The standard InChI is InChI=1S/C13H17NO/c1-4-9-14(12(3)15)10-13-8-6-5-7-11(13)2/h4-8H,1,9-10H2,2-3H3. The van der Waals surface area contributed by atoms with Crippen LogP contribution in [0.1, 0.15) is 18.1 Å². The molecule has 1 aromatic carbocycles. The van der Waals surface area contributed by atoms with Crippen LogP contribution in [0.4, 0.5) is 0 Å². The van der Waals surface area contributed by atoms with Crippen LogP contribution in [0.2, 0.25) is 0 Å². The number of hydrogen-bond acceptors (Lipinski definition) is 1. The lowest BCUT2D eigenvalue weighted by Gasteiger charge is -2.20. The molecule has 0 aliphatic rings. The normalized spacial score (nSPS) is 9.73. The second kappa shape index (κ2) is 5.35. The first-order valence-corrected chi connectivity index (χ1v) is 5.06. The molecule has 0 atom stereocenters. The van der Waals surface area contributed by atoms with Crippen molar-refractivity contribution in [3.8, 4) is 0 Å². The molecule has 1 aromatic rings. The van der Waals surface area contributed by atoms with Crippen molar-refractivity contribution in [2.24, 2.45) is 0 Å². The van der Waals surface area contributed by atoms with Gasteiger partial charge in [0.1, 0.15) is 0 Å². The van der Waals surface area contributed by atoms with Gasteiger partial charge in [-0.3, -0.25) is 4.79 Å². The number of aryl methyl sites for hydroxylation is 1. The van der Waals surface area contributed by atoms with Gasteiger partial charge in [0.25, 0.3) is 0 Å². The minimum absolute atomic E-state index is 0.0816. The summed E-state index contributed by atoms with van der Waals surface area (Å²) in [6.07, 6.45) is 1.75. The fourth-order valence-electron chi connectivity index (χ4n) is 1.45. The molecule has 1 rings (SSSR count).